The quantitative estimate of drug-likeness (QED) is 0.921. The number of benzene rings is 1. The van der Waals surface area contributed by atoms with E-state index in [4.69, 9.17) is 16.3 Å². The molecule has 1 aliphatic rings. The fraction of sp³-hybridized carbons (Fsp3) is 0.500. The molecule has 0 aromatic heterocycles. The first kappa shape index (κ1) is 14.2. The molecule has 0 saturated carbocycles. The van der Waals surface area contributed by atoms with Crippen molar-refractivity contribution < 1.29 is 9.53 Å². The number of hydrogen-bond acceptors (Lipinski definition) is 3. The van der Waals surface area contributed by atoms with Gasteiger partial charge in [0.15, 0.2) is 5.60 Å². The molecule has 4 nitrogen and oxygen atoms in total. The van der Waals surface area contributed by atoms with E-state index < -0.39 is 5.60 Å². The summed E-state index contributed by atoms with van der Waals surface area (Å²) in [5, 5.41) is 3.83. The van der Waals surface area contributed by atoms with Crippen molar-refractivity contribution in [1.82, 2.24) is 10.2 Å². The van der Waals surface area contributed by atoms with E-state index in [-0.39, 0.29) is 5.91 Å². The first-order chi connectivity index (χ1) is 8.99. The number of nitrogens with one attached hydrogen (secondary N) is 1. The molecular formula is C14H19ClN2O2. The second-order valence-electron chi connectivity index (χ2n) is 5.11. The first-order valence-corrected chi connectivity index (χ1v) is 6.81. The van der Waals surface area contributed by atoms with Crippen LogP contribution in [0.4, 0.5) is 0 Å². The van der Waals surface area contributed by atoms with Crippen molar-refractivity contribution in [3.05, 3.63) is 29.3 Å². The zero-order chi connectivity index (χ0) is 13.9. The van der Waals surface area contributed by atoms with Gasteiger partial charge in [-0.3, -0.25) is 4.79 Å². The Kier molecular flexibility index (Phi) is 4.32. The third-order valence-electron chi connectivity index (χ3n) is 3.09. The van der Waals surface area contributed by atoms with Crippen LogP contribution in [0.2, 0.25) is 5.02 Å². The molecule has 0 spiro atoms. The van der Waals surface area contributed by atoms with Crippen LogP contribution in [0, 0.1) is 0 Å². The van der Waals surface area contributed by atoms with Crippen LogP contribution < -0.4 is 10.1 Å². The van der Waals surface area contributed by atoms with Gasteiger partial charge in [0.2, 0.25) is 0 Å². The fourth-order valence-corrected chi connectivity index (χ4v) is 2.30. The zero-order valence-corrected chi connectivity index (χ0v) is 12.0. The topological polar surface area (TPSA) is 41.6 Å². The monoisotopic (exact) mass is 282 g/mol. The highest BCUT2D eigenvalue weighted by molar-refractivity contribution is 6.30. The van der Waals surface area contributed by atoms with Gasteiger partial charge in [0, 0.05) is 31.2 Å². The van der Waals surface area contributed by atoms with E-state index in [1.165, 1.54) is 0 Å². The summed E-state index contributed by atoms with van der Waals surface area (Å²) in [6.45, 7) is 6.69. The molecule has 0 unspecified atom stereocenters. The second-order valence-corrected chi connectivity index (χ2v) is 5.55. The standard InChI is InChI=1S/C14H19ClN2O2/c1-14(2,13(18)17-8-6-16-7-9-17)19-12-5-3-4-11(15)10-12/h3-5,10,16H,6-9H2,1-2H3. The summed E-state index contributed by atoms with van der Waals surface area (Å²) in [5.74, 6) is 0.620. The third-order valence-corrected chi connectivity index (χ3v) is 3.32. The second kappa shape index (κ2) is 5.80. The number of halogens is 1. The normalized spacial score (nSPS) is 16.3. The molecule has 1 saturated heterocycles. The summed E-state index contributed by atoms with van der Waals surface area (Å²) >= 11 is 5.92. The van der Waals surface area contributed by atoms with Crippen molar-refractivity contribution >= 4 is 17.5 Å². The number of amides is 1. The van der Waals surface area contributed by atoms with Crippen molar-refractivity contribution in [1.29, 1.82) is 0 Å². The molecule has 1 amide bonds. The Morgan fingerprint density at radius 3 is 2.68 bits per heavy atom. The van der Waals surface area contributed by atoms with E-state index in [0.717, 1.165) is 26.2 Å². The van der Waals surface area contributed by atoms with E-state index in [2.05, 4.69) is 5.32 Å². The Labute approximate surface area is 118 Å². The summed E-state index contributed by atoms with van der Waals surface area (Å²) in [6, 6.07) is 7.11. The number of carbonyl (C=O) groups is 1. The molecule has 0 aliphatic carbocycles. The molecule has 1 N–H and O–H groups in total. The number of ether oxygens (including phenoxy) is 1. The minimum Gasteiger partial charge on any atom is -0.478 e. The minimum atomic E-state index is -0.887. The lowest BCUT2D eigenvalue weighted by Crippen LogP contribution is -2.54. The summed E-state index contributed by atoms with van der Waals surface area (Å²) in [6.07, 6.45) is 0. The van der Waals surface area contributed by atoms with Gasteiger partial charge in [-0.2, -0.15) is 0 Å². The smallest absolute Gasteiger partial charge is 0.266 e. The molecule has 1 aliphatic heterocycles. The van der Waals surface area contributed by atoms with Gasteiger partial charge in [0.25, 0.3) is 5.91 Å². The van der Waals surface area contributed by atoms with Crippen LogP contribution in [0.1, 0.15) is 13.8 Å². The van der Waals surface area contributed by atoms with Crippen molar-refractivity contribution in [2.24, 2.45) is 0 Å². The lowest BCUT2D eigenvalue weighted by atomic mass is 10.1. The van der Waals surface area contributed by atoms with Crippen LogP contribution in [0.15, 0.2) is 24.3 Å². The third kappa shape index (κ3) is 3.61. The molecule has 1 aromatic rings. The van der Waals surface area contributed by atoms with Crippen LogP contribution in [0.3, 0.4) is 0 Å². The Balaban J connectivity index is 2.06. The van der Waals surface area contributed by atoms with E-state index in [1.54, 1.807) is 32.0 Å². The maximum Gasteiger partial charge on any atom is 0.266 e. The Morgan fingerprint density at radius 2 is 2.05 bits per heavy atom. The summed E-state index contributed by atoms with van der Waals surface area (Å²) in [4.78, 5) is 14.3. The highest BCUT2D eigenvalue weighted by atomic mass is 35.5. The number of hydrogen-bond donors (Lipinski definition) is 1. The van der Waals surface area contributed by atoms with Crippen molar-refractivity contribution in [2.45, 2.75) is 19.4 Å². The summed E-state index contributed by atoms with van der Waals surface area (Å²) in [7, 11) is 0. The maximum absolute atomic E-state index is 12.4. The predicted octanol–water partition coefficient (Wildman–Crippen LogP) is 1.93. The number of nitrogens with zero attached hydrogens (tertiary/aromatic N) is 1. The average Bonchev–Trinajstić information content (AvgIpc) is 2.38. The van der Waals surface area contributed by atoms with E-state index in [9.17, 15) is 4.79 Å². The molecule has 0 radical (unpaired) electrons. The largest absolute Gasteiger partial charge is 0.478 e. The van der Waals surface area contributed by atoms with Crippen molar-refractivity contribution in [3.8, 4) is 5.75 Å². The molecule has 2 rings (SSSR count). The van der Waals surface area contributed by atoms with Crippen LogP contribution in [-0.4, -0.2) is 42.6 Å². The molecule has 5 heteroatoms. The number of rotatable bonds is 3. The summed E-state index contributed by atoms with van der Waals surface area (Å²) < 4.78 is 5.80. The Hall–Kier alpha value is -1.26. The number of carbonyl (C=O) groups excluding carboxylic acids is 1. The van der Waals surface area contributed by atoms with Crippen molar-refractivity contribution in [3.63, 3.8) is 0 Å². The van der Waals surface area contributed by atoms with Gasteiger partial charge in [0.05, 0.1) is 0 Å². The highest BCUT2D eigenvalue weighted by Gasteiger charge is 2.34. The van der Waals surface area contributed by atoms with Crippen LogP contribution in [-0.2, 0) is 4.79 Å². The van der Waals surface area contributed by atoms with E-state index >= 15 is 0 Å². The number of piperazine rings is 1. The average molecular weight is 283 g/mol. The lowest BCUT2D eigenvalue weighted by Gasteiger charge is -2.34. The van der Waals surface area contributed by atoms with Crippen molar-refractivity contribution in [2.75, 3.05) is 26.2 Å². The van der Waals surface area contributed by atoms with Crippen LogP contribution in [0.25, 0.3) is 0 Å². The molecule has 104 valence electrons. The fourth-order valence-electron chi connectivity index (χ4n) is 2.12. The van der Waals surface area contributed by atoms with Crippen LogP contribution in [0.5, 0.6) is 5.75 Å². The lowest BCUT2D eigenvalue weighted by molar-refractivity contribution is -0.146. The van der Waals surface area contributed by atoms with Gasteiger partial charge in [0.1, 0.15) is 5.75 Å². The van der Waals surface area contributed by atoms with Crippen LogP contribution >= 0.6 is 11.6 Å². The van der Waals surface area contributed by atoms with E-state index in [0.29, 0.717) is 10.8 Å². The van der Waals surface area contributed by atoms with Gasteiger partial charge in [-0.1, -0.05) is 17.7 Å². The maximum atomic E-state index is 12.4. The minimum absolute atomic E-state index is 0.00831. The highest BCUT2D eigenvalue weighted by Crippen LogP contribution is 2.23. The van der Waals surface area contributed by atoms with Gasteiger partial charge < -0.3 is 15.0 Å². The predicted molar refractivity (Wildman–Crippen MR) is 75.6 cm³/mol. The molecule has 1 heterocycles. The molecule has 1 fully saturated rings. The molecule has 1 aromatic carbocycles. The van der Waals surface area contributed by atoms with Gasteiger partial charge >= 0.3 is 0 Å². The summed E-state index contributed by atoms with van der Waals surface area (Å²) in [5.41, 5.74) is -0.887. The molecule has 19 heavy (non-hydrogen) atoms. The zero-order valence-electron chi connectivity index (χ0n) is 11.3. The Bertz CT molecular complexity index is 457. The molecular weight excluding hydrogens is 264 g/mol. The molecule has 0 atom stereocenters. The first-order valence-electron chi connectivity index (χ1n) is 6.44. The van der Waals surface area contributed by atoms with E-state index in [1.807, 2.05) is 11.0 Å². The van der Waals surface area contributed by atoms with Gasteiger partial charge in [-0.15, -0.1) is 0 Å². The van der Waals surface area contributed by atoms with Gasteiger partial charge in [-0.25, -0.2) is 0 Å². The molecule has 0 bridgehead atoms. The Morgan fingerprint density at radius 1 is 1.37 bits per heavy atom. The van der Waals surface area contributed by atoms with Gasteiger partial charge in [-0.05, 0) is 32.0 Å². The SMILES string of the molecule is CC(C)(Oc1cccc(Cl)c1)C(=O)N1CCNCC1.